The van der Waals surface area contributed by atoms with Crippen molar-refractivity contribution < 1.29 is 0 Å². The Bertz CT molecular complexity index is 355. The highest BCUT2D eigenvalue weighted by Crippen LogP contribution is 2.24. The van der Waals surface area contributed by atoms with Crippen LogP contribution in [0.1, 0.15) is 31.9 Å². The molecule has 0 spiro atoms. The number of rotatable bonds is 3. The SMILES string of the molecule is CC(N)C1CCCCN1Cc1c(Br)cnn1C. The van der Waals surface area contributed by atoms with Crippen LogP contribution in [0.2, 0.25) is 0 Å². The minimum Gasteiger partial charge on any atom is -0.327 e. The zero-order valence-electron chi connectivity index (χ0n) is 10.6. The van der Waals surface area contributed by atoms with Crippen LogP contribution in [0.4, 0.5) is 0 Å². The first kappa shape index (κ1) is 13.1. The summed E-state index contributed by atoms with van der Waals surface area (Å²) in [6, 6.07) is 0.743. The second-order valence-electron chi connectivity index (χ2n) is 4.96. The number of nitrogens with zero attached hydrogens (tertiary/aromatic N) is 3. The molecular formula is C12H21BrN4. The molecule has 2 N–H and O–H groups in total. The zero-order valence-corrected chi connectivity index (χ0v) is 12.2. The number of aryl methyl sites for hydroxylation is 1. The number of aromatic nitrogens is 2. The van der Waals surface area contributed by atoms with Gasteiger partial charge in [-0.3, -0.25) is 9.58 Å². The Hall–Kier alpha value is -0.390. The maximum Gasteiger partial charge on any atom is 0.0663 e. The van der Waals surface area contributed by atoms with Crippen LogP contribution < -0.4 is 5.73 Å². The lowest BCUT2D eigenvalue weighted by Crippen LogP contribution is -2.48. The maximum absolute atomic E-state index is 6.09. The third kappa shape index (κ3) is 2.89. The normalized spacial score (nSPS) is 23.9. The van der Waals surface area contributed by atoms with Crippen molar-refractivity contribution in [1.82, 2.24) is 14.7 Å². The summed E-state index contributed by atoms with van der Waals surface area (Å²) in [6.07, 6.45) is 5.65. The van der Waals surface area contributed by atoms with Crippen molar-refractivity contribution in [3.05, 3.63) is 16.4 Å². The van der Waals surface area contributed by atoms with Gasteiger partial charge < -0.3 is 5.73 Å². The number of nitrogens with two attached hydrogens (primary N) is 1. The van der Waals surface area contributed by atoms with Gasteiger partial charge in [0.25, 0.3) is 0 Å². The summed E-state index contributed by atoms with van der Waals surface area (Å²) in [5, 5.41) is 4.26. The van der Waals surface area contributed by atoms with Crippen LogP contribution in [0.15, 0.2) is 10.7 Å². The van der Waals surface area contributed by atoms with Crippen molar-refractivity contribution >= 4 is 15.9 Å². The Labute approximate surface area is 111 Å². The molecule has 0 bridgehead atoms. The molecule has 0 saturated carbocycles. The first-order valence-electron chi connectivity index (χ1n) is 6.25. The molecule has 2 unspecified atom stereocenters. The van der Waals surface area contributed by atoms with E-state index in [2.05, 4.69) is 32.9 Å². The summed E-state index contributed by atoms with van der Waals surface area (Å²) in [5.74, 6) is 0. The third-order valence-electron chi connectivity index (χ3n) is 3.63. The van der Waals surface area contributed by atoms with Crippen LogP contribution in [0.25, 0.3) is 0 Å². The minimum atomic E-state index is 0.238. The predicted octanol–water partition coefficient (Wildman–Crippen LogP) is 1.88. The summed E-state index contributed by atoms with van der Waals surface area (Å²) in [4.78, 5) is 2.50. The Morgan fingerprint density at radius 1 is 1.59 bits per heavy atom. The fourth-order valence-corrected chi connectivity index (χ4v) is 3.09. The molecule has 5 heteroatoms. The van der Waals surface area contributed by atoms with Gasteiger partial charge in [0.05, 0.1) is 16.4 Å². The van der Waals surface area contributed by atoms with Crippen molar-refractivity contribution in [3.8, 4) is 0 Å². The first-order chi connectivity index (χ1) is 8.09. The Balaban J connectivity index is 2.11. The molecule has 1 aliphatic rings. The van der Waals surface area contributed by atoms with Crippen LogP contribution in [0, 0.1) is 0 Å². The van der Waals surface area contributed by atoms with Gasteiger partial charge in [0, 0.05) is 25.7 Å². The van der Waals surface area contributed by atoms with E-state index in [-0.39, 0.29) is 6.04 Å². The standard InChI is InChI=1S/C12H21BrN4/c1-9(14)11-5-3-4-6-17(11)8-12-10(13)7-15-16(12)2/h7,9,11H,3-6,8,14H2,1-2H3. The van der Waals surface area contributed by atoms with Crippen molar-refractivity contribution in [3.63, 3.8) is 0 Å². The van der Waals surface area contributed by atoms with E-state index >= 15 is 0 Å². The Kier molecular flexibility index (Phi) is 4.22. The van der Waals surface area contributed by atoms with Gasteiger partial charge in [-0.2, -0.15) is 5.10 Å². The molecule has 0 aromatic carbocycles. The van der Waals surface area contributed by atoms with Crippen molar-refractivity contribution in [2.75, 3.05) is 6.54 Å². The molecule has 1 aromatic heterocycles. The van der Waals surface area contributed by atoms with Crippen LogP contribution in [-0.4, -0.2) is 33.3 Å². The number of hydrogen-bond donors (Lipinski definition) is 1. The minimum absolute atomic E-state index is 0.238. The second-order valence-corrected chi connectivity index (χ2v) is 5.81. The predicted molar refractivity (Wildman–Crippen MR) is 72.6 cm³/mol. The fraction of sp³-hybridized carbons (Fsp3) is 0.750. The molecule has 2 atom stereocenters. The fourth-order valence-electron chi connectivity index (χ4n) is 2.61. The van der Waals surface area contributed by atoms with Gasteiger partial charge >= 0.3 is 0 Å². The average molecular weight is 301 g/mol. The van der Waals surface area contributed by atoms with Gasteiger partial charge in [-0.25, -0.2) is 0 Å². The lowest BCUT2D eigenvalue weighted by Gasteiger charge is -2.38. The van der Waals surface area contributed by atoms with Gasteiger partial charge in [-0.1, -0.05) is 6.42 Å². The van der Waals surface area contributed by atoms with E-state index < -0.39 is 0 Å². The number of piperidine rings is 1. The molecule has 1 aromatic rings. The average Bonchev–Trinajstić information content (AvgIpc) is 2.61. The lowest BCUT2D eigenvalue weighted by atomic mass is 9.97. The van der Waals surface area contributed by atoms with Crippen LogP contribution >= 0.6 is 15.9 Å². The zero-order chi connectivity index (χ0) is 12.4. The summed E-state index contributed by atoms with van der Waals surface area (Å²) in [7, 11) is 1.99. The molecule has 4 nitrogen and oxygen atoms in total. The monoisotopic (exact) mass is 300 g/mol. The Morgan fingerprint density at radius 2 is 2.35 bits per heavy atom. The van der Waals surface area contributed by atoms with Gasteiger partial charge in [-0.05, 0) is 42.2 Å². The molecule has 1 saturated heterocycles. The Morgan fingerprint density at radius 3 is 2.94 bits per heavy atom. The van der Waals surface area contributed by atoms with Gasteiger partial charge in [-0.15, -0.1) is 0 Å². The third-order valence-corrected chi connectivity index (χ3v) is 4.30. The highest BCUT2D eigenvalue weighted by Gasteiger charge is 2.26. The van der Waals surface area contributed by atoms with Gasteiger partial charge in [0.1, 0.15) is 0 Å². The largest absolute Gasteiger partial charge is 0.327 e. The van der Waals surface area contributed by atoms with Gasteiger partial charge in [0.15, 0.2) is 0 Å². The topological polar surface area (TPSA) is 47.1 Å². The quantitative estimate of drug-likeness (QED) is 0.927. The number of halogens is 1. The highest BCUT2D eigenvalue weighted by molar-refractivity contribution is 9.10. The lowest BCUT2D eigenvalue weighted by molar-refractivity contribution is 0.119. The number of hydrogen-bond acceptors (Lipinski definition) is 3. The van der Waals surface area contributed by atoms with Gasteiger partial charge in [0.2, 0.25) is 0 Å². The first-order valence-corrected chi connectivity index (χ1v) is 7.05. The van der Waals surface area contributed by atoms with Crippen LogP contribution in [0.3, 0.4) is 0 Å². The van der Waals surface area contributed by atoms with E-state index in [9.17, 15) is 0 Å². The summed E-state index contributed by atoms with van der Waals surface area (Å²) < 4.78 is 3.03. The maximum atomic E-state index is 6.09. The van der Waals surface area contributed by atoms with E-state index in [0.29, 0.717) is 6.04 Å². The van der Waals surface area contributed by atoms with E-state index in [4.69, 9.17) is 5.73 Å². The van der Waals surface area contributed by atoms with Crippen LogP contribution in [0.5, 0.6) is 0 Å². The molecule has 2 heterocycles. The van der Waals surface area contributed by atoms with E-state index in [0.717, 1.165) is 17.6 Å². The van der Waals surface area contributed by atoms with E-state index in [1.54, 1.807) is 0 Å². The van der Waals surface area contributed by atoms with E-state index in [1.165, 1.54) is 25.0 Å². The summed E-state index contributed by atoms with van der Waals surface area (Å²) in [6.45, 7) is 4.19. The molecule has 1 aliphatic heterocycles. The highest BCUT2D eigenvalue weighted by atomic mass is 79.9. The van der Waals surface area contributed by atoms with Crippen molar-refractivity contribution in [1.29, 1.82) is 0 Å². The molecule has 1 fully saturated rings. The number of likely N-dealkylation sites (tertiary alicyclic amines) is 1. The molecule has 0 aliphatic carbocycles. The molecule has 0 amide bonds. The van der Waals surface area contributed by atoms with Crippen molar-refractivity contribution in [2.45, 2.75) is 44.8 Å². The van der Waals surface area contributed by atoms with Crippen LogP contribution in [-0.2, 0) is 13.6 Å². The molecule has 96 valence electrons. The smallest absolute Gasteiger partial charge is 0.0663 e. The molecule has 17 heavy (non-hydrogen) atoms. The van der Waals surface area contributed by atoms with E-state index in [1.807, 2.05) is 17.9 Å². The molecule has 2 rings (SSSR count). The van der Waals surface area contributed by atoms with Crippen molar-refractivity contribution in [2.24, 2.45) is 12.8 Å². The summed E-state index contributed by atoms with van der Waals surface area (Å²) in [5.41, 5.74) is 7.32. The summed E-state index contributed by atoms with van der Waals surface area (Å²) >= 11 is 3.56. The molecule has 0 radical (unpaired) electrons. The molecular weight excluding hydrogens is 280 g/mol. The second kappa shape index (κ2) is 5.50.